The standard InChI is InChI=1S/C15H28N4O3/c1-4-5-6-11-7-9-12(10-8-11)18-15(21)19(13(16)22-3)14(20)17-2/h11-12,16H,4-10H2,1-3H3,(H,17,20)(H,18,21). The number of amidine groups is 1. The minimum atomic E-state index is -0.680. The van der Waals surface area contributed by atoms with Crippen molar-refractivity contribution in [3.8, 4) is 0 Å². The topological polar surface area (TPSA) is 94.5 Å². The normalized spacial score (nSPS) is 20.9. The van der Waals surface area contributed by atoms with Crippen LogP contribution in [0.1, 0.15) is 51.9 Å². The lowest BCUT2D eigenvalue weighted by Crippen LogP contribution is -2.53. The predicted octanol–water partition coefficient (Wildman–Crippen LogP) is 2.67. The number of carbonyl (C=O) groups is 2. The minimum absolute atomic E-state index is 0.0576. The maximum absolute atomic E-state index is 12.2. The highest BCUT2D eigenvalue weighted by Gasteiger charge is 2.29. The molecule has 1 fully saturated rings. The first-order valence-electron chi connectivity index (χ1n) is 7.98. The molecule has 22 heavy (non-hydrogen) atoms. The van der Waals surface area contributed by atoms with Crippen LogP contribution in [0.5, 0.6) is 0 Å². The fraction of sp³-hybridized carbons (Fsp3) is 0.800. The Morgan fingerprint density at radius 2 is 1.86 bits per heavy atom. The van der Waals surface area contributed by atoms with Gasteiger partial charge in [0.15, 0.2) is 0 Å². The first-order valence-corrected chi connectivity index (χ1v) is 7.98. The molecule has 0 radical (unpaired) electrons. The molecule has 1 saturated carbocycles. The number of unbranched alkanes of at least 4 members (excludes halogenated alkanes) is 1. The van der Waals surface area contributed by atoms with E-state index in [2.05, 4.69) is 17.6 Å². The van der Waals surface area contributed by atoms with E-state index < -0.39 is 18.1 Å². The van der Waals surface area contributed by atoms with Gasteiger partial charge in [0.1, 0.15) is 0 Å². The van der Waals surface area contributed by atoms with Crippen LogP contribution in [0.25, 0.3) is 0 Å². The second-order valence-electron chi connectivity index (χ2n) is 5.71. The third-order valence-corrected chi connectivity index (χ3v) is 4.16. The Kier molecular flexibility index (Phi) is 7.70. The van der Waals surface area contributed by atoms with Crippen LogP contribution in [0, 0.1) is 11.3 Å². The first-order chi connectivity index (χ1) is 10.5. The van der Waals surface area contributed by atoms with Gasteiger partial charge in [0.25, 0.3) is 0 Å². The van der Waals surface area contributed by atoms with Crippen molar-refractivity contribution in [1.29, 1.82) is 5.41 Å². The Morgan fingerprint density at radius 1 is 1.23 bits per heavy atom. The number of methoxy groups -OCH3 is 1. The van der Waals surface area contributed by atoms with Gasteiger partial charge in [0.2, 0.25) is 0 Å². The largest absolute Gasteiger partial charge is 0.468 e. The van der Waals surface area contributed by atoms with Crippen LogP contribution >= 0.6 is 0 Å². The molecule has 1 rings (SSSR count). The minimum Gasteiger partial charge on any atom is -0.468 e. The Bertz CT molecular complexity index is 376. The van der Waals surface area contributed by atoms with Crippen molar-refractivity contribution in [1.82, 2.24) is 15.5 Å². The number of urea groups is 2. The van der Waals surface area contributed by atoms with Gasteiger partial charge in [-0.3, -0.25) is 5.41 Å². The molecule has 0 aromatic carbocycles. The van der Waals surface area contributed by atoms with Crippen molar-refractivity contribution >= 4 is 18.1 Å². The zero-order valence-electron chi connectivity index (χ0n) is 13.8. The Labute approximate surface area is 132 Å². The number of nitrogens with one attached hydrogen (secondary N) is 3. The number of hydrogen-bond acceptors (Lipinski definition) is 4. The molecule has 0 spiro atoms. The summed E-state index contributed by atoms with van der Waals surface area (Å²) in [7, 11) is 2.66. The van der Waals surface area contributed by atoms with Crippen LogP contribution in [-0.2, 0) is 4.74 Å². The lowest BCUT2D eigenvalue weighted by atomic mass is 9.83. The maximum Gasteiger partial charge on any atom is 0.334 e. The molecule has 0 aliphatic heterocycles. The molecular formula is C15H28N4O3. The number of amides is 4. The average molecular weight is 312 g/mol. The van der Waals surface area contributed by atoms with Crippen molar-refractivity contribution in [3.63, 3.8) is 0 Å². The smallest absolute Gasteiger partial charge is 0.334 e. The van der Waals surface area contributed by atoms with E-state index in [-0.39, 0.29) is 6.04 Å². The van der Waals surface area contributed by atoms with Crippen LogP contribution in [0.15, 0.2) is 0 Å². The van der Waals surface area contributed by atoms with Crippen molar-refractivity contribution in [3.05, 3.63) is 0 Å². The summed E-state index contributed by atoms with van der Waals surface area (Å²) in [5.74, 6) is 0.750. The number of ether oxygens (including phenoxy) is 1. The van der Waals surface area contributed by atoms with Gasteiger partial charge in [0.05, 0.1) is 7.11 Å². The van der Waals surface area contributed by atoms with Crippen LogP contribution in [-0.4, -0.2) is 43.2 Å². The third kappa shape index (κ3) is 5.20. The molecule has 0 saturated heterocycles. The van der Waals surface area contributed by atoms with E-state index in [0.717, 1.165) is 31.6 Å². The highest BCUT2D eigenvalue weighted by molar-refractivity contribution is 6.08. The molecule has 0 atom stereocenters. The van der Waals surface area contributed by atoms with E-state index in [1.54, 1.807) is 0 Å². The Balaban J connectivity index is 2.50. The summed E-state index contributed by atoms with van der Waals surface area (Å²) in [4.78, 5) is 24.6. The fourth-order valence-electron chi connectivity index (χ4n) is 2.81. The molecule has 3 N–H and O–H groups in total. The van der Waals surface area contributed by atoms with Crippen molar-refractivity contribution in [2.75, 3.05) is 14.2 Å². The molecule has 0 unspecified atom stereocenters. The van der Waals surface area contributed by atoms with Crippen LogP contribution in [0.4, 0.5) is 9.59 Å². The van der Waals surface area contributed by atoms with E-state index in [1.807, 2.05) is 0 Å². The third-order valence-electron chi connectivity index (χ3n) is 4.16. The zero-order valence-corrected chi connectivity index (χ0v) is 13.8. The summed E-state index contributed by atoms with van der Waals surface area (Å²) in [5, 5.41) is 12.7. The summed E-state index contributed by atoms with van der Waals surface area (Å²) in [5.41, 5.74) is 0. The SMILES string of the molecule is CCCCC1CCC(NC(=O)N(C(=N)OC)C(=O)NC)CC1. The molecular weight excluding hydrogens is 284 g/mol. The quantitative estimate of drug-likeness (QED) is 0.550. The second kappa shape index (κ2) is 9.27. The van der Waals surface area contributed by atoms with Crippen LogP contribution in [0.2, 0.25) is 0 Å². The summed E-state index contributed by atoms with van der Waals surface area (Å²) < 4.78 is 4.69. The summed E-state index contributed by atoms with van der Waals surface area (Å²) in [6, 6.07) is -1.72. The number of carbonyl (C=O) groups excluding carboxylic acids is 2. The Hall–Kier alpha value is -1.79. The molecule has 0 bridgehead atoms. The molecule has 0 aromatic rings. The molecule has 0 aromatic heterocycles. The van der Waals surface area contributed by atoms with Gasteiger partial charge in [-0.1, -0.05) is 26.2 Å². The second-order valence-corrected chi connectivity index (χ2v) is 5.71. The van der Waals surface area contributed by atoms with Gasteiger partial charge in [-0.25, -0.2) is 9.59 Å². The Morgan fingerprint density at radius 3 is 2.36 bits per heavy atom. The fourth-order valence-corrected chi connectivity index (χ4v) is 2.81. The summed E-state index contributed by atoms with van der Waals surface area (Å²) in [6.45, 7) is 2.20. The predicted molar refractivity (Wildman–Crippen MR) is 84.8 cm³/mol. The number of nitrogens with zero attached hydrogens (tertiary/aromatic N) is 1. The number of hydrogen-bond donors (Lipinski definition) is 3. The van der Waals surface area contributed by atoms with Gasteiger partial charge in [-0.2, -0.15) is 4.90 Å². The molecule has 0 heterocycles. The average Bonchev–Trinajstić information content (AvgIpc) is 2.53. The molecule has 1 aliphatic rings. The van der Waals surface area contributed by atoms with Gasteiger partial charge < -0.3 is 15.4 Å². The van der Waals surface area contributed by atoms with Crippen molar-refractivity contribution in [2.45, 2.75) is 57.9 Å². The highest BCUT2D eigenvalue weighted by atomic mass is 16.5. The molecule has 1 aliphatic carbocycles. The lowest BCUT2D eigenvalue weighted by molar-refractivity contribution is 0.188. The van der Waals surface area contributed by atoms with E-state index in [0.29, 0.717) is 4.90 Å². The summed E-state index contributed by atoms with van der Waals surface area (Å²) >= 11 is 0. The molecule has 4 amide bonds. The molecule has 7 nitrogen and oxygen atoms in total. The number of rotatable bonds is 4. The van der Waals surface area contributed by atoms with Crippen LogP contribution < -0.4 is 10.6 Å². The van der Waals surface area contributed by atoms with Crippen LogP contribution in [0.3, 0.4) is 0 Å². The van der Waals surface area contributed by atoms with E-state index in [1.165, 1.54) is 33.4 Å². The highest BCUT2D eigenvalue weighted by Crippen LogP contribution is 2.28. The van der Waals surface area contributed by atoms with Gasteiger partial charge in [0, 0.05) is 13.1 Å². The maximum atomic E-state index is 12.2. The lowest BCUT2D eigenvalue weighted by Gasteiger charge is -2.30. The van der Waals surface area contributed by atoms with E-state index in [9.17, 15) is 9.59 Å². The zero-order chi connectivity index (χ0) is 16.5. The van der Waals surface area contributed by atoms with E-state index in [4.69, 9.17) is 10.1 Å². The van der Waals surface area contributed by atoms with Gasteiger partial charge in [-0.15, -0.1) is 0 Å². The monoisotopic (exact) mass is 312 g/mol. The van der Waals surface area contributed by atoms with Gasteiger partial charge in [-0.05, 0) is 31.6 Å². The molecule has 126 valence electrons. The summed E-state index contributed by atoms with van der Waals surface area (Å²) in [6.07, 6.45) is 7.78. The van der Waals surface area contributed by atoms with E-state index >= 15 is 0 Å². The number of imide groups is 1. The molecule has 7 heteroatoms. The van der Waals surface area contributed by atoms with Crippen molar-refractivity contribution in [2.24, 2.45) is 5.92 Å². The van der Waals surface area contributed by atoms with Gasteiger partial charge >= 0.3 is 18.1 Å². The van der Waals surface area contributed by atoms with Crippen molar-refractivity contribution < 1.29 is 14.3 Å². The first kappa shape index (κ1) is 18.3.